The number of aromatic amines is 1. The number of benzene rings is 3. The molecule has 0 spiro atoms. The molecule has 0 bridgehead atoms. The van der Waals surface area contributed by atoms with Gasteiger partial charge in [-0.15, -0.1) is 5.10 Å². The number of imide groups is 1. The number of amides is 5. The molecule has 0 unspecified atom stereocenters. The number of carbonyl (C=O) groups is 4. The first kappa shape index (κ1) is 29.7. The predicted octanol–water partition coefficient (Wildman–Crippen LogP) is 5.74. The first-order chi connectivity index (χ1) is 21.8. The van der Waals surface area contributed by atoms with Crippen LogP contribution in [0.25, 0.3) is 0 Å². The molecule has 0 atom stereocenters. The molecule has 1 aliphatic heterocycles. The van der Waals surface area contributed by atoms with Crippen LogP contribution in [-0.2, 0) is 6.54 Å². The van der Waals surface area contributed by atoms with Crippen molar-refractivity contribution in [3.8, 4) is 0 Å². The van der Waals surface area contributed by atoms with E-state index in [-0.39, 0.29) is 35.9 Å². The Balaban J connectivity index is 1.23. The fraction of sp³-hybridized carbons (Fsp3) is 0.303. The number of aromatic nitrogens is 4. The summed E-state index contributed by atoms with van der Waals surface area (Å²) in [6.45, 7) is 3.79. The lowest BCUT2D eigenvalue weighted by atomic mass is 9.84. The maximum Gasteiger partial charge on any atom is 0.326 e. The van der Waals surface area contributed by atoms with Gasteiger partial charge in [-0.1, -0.05) is 48.6 Å². The zero-order chi connectivity index (χ0) is 31.5. The van der Waals surface area contributed by atoms with E-state index in [0.29, 0.717) is 28.4 Å². The van der Waals surface area contributed by atoms with Gasteiger partial charge in [0.2, 0.25) is 0 Å². The van der Waals surface area contributed by atoms with Gasteiger partial charge in [-0.3, -0.25) is 29.5 Å². The Labute approximate surface area is 260 Å². The van der Waals surface area contributed by atoms with Gasteiger partial charge >= 0.3 is 6.03 Å². The minimum Gasteiger partial charge on any atom is -0.308 e. The van der Waals surface area contributed by atoms with Crippen LogP contribution in [0.5, 0.6) is 0 Å². The van der Waals surface area contributed by atoms with Gasteiger partial charge in [-0.25, -0.2) is 4.79 Å². The summed E-state index contributed by atoms with van der Waals surface area (Å²) in [5.41, 5.74) is 4.15. The van der Waals surface area contributed by atoms with Gasteiger partial charge in [0.05, 0.1) is 17.7 Å². The van der Waals surface area contributed by atoms with Crippen LogP contribution in [-0.4, -0.2) is 55.3 Å². The van der Waals surface area contributed by atoms with E-state index in [9.17, 15) is 19.2 Å². The minimum absolute atomic E-state index is 0.0677. The van der Waals surface area contributed by atoms with Gasteiger partial charge in [-0.05, 0) is 91.4 Å². The first-order valence-electron chi connectivity index (χ1n) is 15.1. The van der Waals surface area contributed by atoms with Gasteiger partial charge in [0.1, 0.15) is 0 Å². The quantitative estimate of drug-likeness (QED) is 0.216. The van der Waals surface area contributed by atoms with Crippen LogP contribution < -0.4 is 15.5 Å². The van der Waals surface area contributed by atoms with Crippen molar-refractivity contribution >= 4 is 41.1 Å². The fourth-order valence-corrected chi connectivity index (χ4v) is 5.97. The molecule has 12 nitrogen and oxygen atoms in total. The highest BCUT2D eigenvalue weighted by molar-refractivity contribution is 6.22. The Bertz CT molecular complexity index is 1710. The average Bonchev–Trinajstić information content (AvgIpc) is 3.65. The summed E-state index contributed by atoms with van der Waals surface area (Å²) in [7, 11) is 0. The second-order valence-corrected chi connectivity index (χ2v) is 11.7. The van der Waals surface area contributed by atoms with Crippen LogP contribution in [0, 0.1) is 0 Å². The van der Waals surface area contributed by atoms with E-state index >= 15 is 0 Å². The molecule has 12 heteroatoms. The second-order valence-electron chi connectivity index (χ2n) is 11.7. The monoisotopic (exact) mass is 606 g/mol. The number of hydrogen-bond donors (Lipinski definition) is 3. The van der Waals surface area contributed by atoms with E-state index in [1.807, 2.05) is 12.1 Å². The average molecular weight is 607 g/mol. The zero-order valence-electron chi connectivity index (χ0n) is 25.1. The first-order valence-corrected chi connectivity index (χ1v) is 15.1. The van der Waals surface area contributed by atoms with Crippen molar-refractivity contribution < 1.29 is 19.2 Å². The number of nitrogens with one attached hydrogen (secondary N) is 3. The third kappa shape index (κ3) is 6.30. The highest BCUT2D eigenvalue weighted by atomic mass is 16.2. The largest absolute Gasteiger partial charge is 0.326 e. The van der Waals surface area contributed by atoms with Gasteiger partial charge in [0.15, 0.2) is 0 Å². The lowest BCUT2D eigenvalue weighted by Gasteiger charge is -2.26. The number of nitrogens with zero attached hydrogens (tertiary/aromatic N) is 5. The highest BCUT2D eigenvalue weighted by Crippen LogP contribution is 2.34. The van der Waals surface area contributed by atoms with Crippen LogP contribution in [0.4, 0.5) is 22.1 Å². The number of urea groups is 1. The maximum atomic E-state index is 13.8. The molecule has 2 aliphatic rings. The van der Waals surface area contributed by atoms with E-state index in [2.05, 4.69) is 43.4 Å². The molecule has 3 aromatic carbocycles. The molecule has 1 fully saturated rings. The predicted molar refractivity (Wildman–Crippen MR) is 168 cm³/mol. The van der Waals surface area contributed by atoms with Crippen molar-refractivity contribution in [2.24, 2.45) is 0 Å². The van der Waals surface area contributed by atoms with E-state index in [0.717, 1.165) is 5.56 Å². The summed E-state index contributed by atoms with van der Waals surface area (Å²) in [6, 6.07) is 19.1. The molecular weight excluding hydrogens is 572 g/mol. The fourth-order valence-electron chi connectivity index (χ4n) is 5.97. The van der Waals surface area contributed by atoms with Crippen LogP contribution >= 0.6 is 0 Å². The summed E-state index contributed by atoms with van der Waals surface area (Å²) in [5, 5.41) is 18.7. The molecular formula is C33H34N8O4. The highest BCUT2D eigenvalue weighted by Gasteiger charge is 2.37. The number of fused-ring (bicyclic) bond motifs is 1. The molecule has 230 valence electrons. The number of anilines is 3. The molecule has 2 heterocycles. The maximum absolute atomic E-state index is 13.8. The smallest absolute Gasteiger partial charge is 0.308 e. The lowest BCUT2D eigenvalue weighted by molar-refractivity contribution is 0.0608. The SMILES string of the molecule is CC(C)N1C(=O)c2ccc(NC(=O)N(Cc3ccc(C(=O)Nc4nn[nH]n4)cc3)c3ccc(C4CCCCC4)cc3)cc2C1=O. The topological polar surface area (TPSA) is 153 Å². The third-order valence-electron chi connectivity index (χ3n) is 8.34. The Hall–Kier alpha value is -5.39. The standard InChI is InChI=1S/C33H34N8O4/c1-20(2)41-30(43)27-17-14-25(18-28(27)31(41)44)34-33(45)40(26-15-12-23(13-16-26)22-6-4-3-5-7-22)19-21-8-10-24(11-9-21)29(42)35-32-36-38-39-37-32/h8-18,20,22H,3-7,19H2,1-2H3,(H,34,45)(H2,35,36,37,38,39,42). The van der Waals surface area contributed by atoms with E-state index < -0.39 is 11.9 Å². The molecule has 45 heavy (non-hydrogen) atoms. The normalized spacial score (nSPS) is 14.9. The molecule has 0 saturated heterocycles. The van der Waals surface area contributed by atoms with Crippen molar-refractivity contribution in [2.45, 2.75) is 64.5 Å². The summed E-state index contributed by atoms with van der Waals surface area (Å²) in [5.74, 6) is -0.510. The Kier molecular flexibility index (Phi) is 8.37. The number of tetrazole rings is 1. The molecule has 0 radical (unpaired) electrons. The van der Waals surface area contributed by atoms with Gasteiger partial charge in [0.25, 0.3) is 23.7 Å². The molecule has 6 rings (SSSR count). The number of carbonyl (C=O) groups excluding carboxylic acids is 4. The van der Waals surface area contributed by atoms with E-state index in [1.54, 1.807) is 61.2 Å². The Morgan fingerprint density at radius 1 is 0.911 bits per heavy atom. The molecule has 1 saturated carbocycles. The van der Waals surface area contributed by atoms with Gasteiger partial charge in [-0.2, -0.15) is 5.21 Å². The number of hydrogen-bond acceptors (Lipinski definition) is 7. The third-order valence-corrected chi connectivity index (χ3v) is 8.34. The summed E-state index contributed by atoms with van der Waals surface area (Å²) >= 11 is 0. The number of H-pyrrole nitrogens is 1. The lowest BCUT2D eigenvalue weighted by Crippen LogP contribution is -2.36. The minimum atomic E-state index is -0.406. The van der Waals surface area contributed by atoms with Crippen molar-refractivity contribution in [2.75, 3.05) is 15.5 Å². The van der Waals surface area contributed by atoms with Crippen LogP contribution in [0.3, 0.4) is 0 Å². The van der Waals surface area contributed by atoms with E-state index in [1.165, 1.54) is 42.6 Å². The number of rotatable bonds is 8. The Morgan fingerprint density at radius 3 is 2.29 bits per heavy atom. The zero-order valence-corrected chi connectivity index (χ0v) is 25.1. The van der Waals surface area contributed by atoms with Gasteiger partial charge < -0.3 is 5.32 Å². The molecule has 1 aliphatic carbocycles. The van der Waals surface area contributed by atoms with Crippen molar-refractivity contribution in [1.82, 2.24) is 25.5 Å². The summed E-state index contributed by atoms with van der Waals surface area (Å²) < 4.78 is 0. The summed E-state index contributed by atoms with van der Waals surface area (Å²) in [4.78, 5) is 54.9. The summed E-state index contributed by atoms with van der Waals surface area (Å²) in [6.07, 6.45) is 6.08. The van der Waals surface area contributed by atoms with Crippen molar-refractivity contribution in [1.29, 1.82) is 0 Å². The molecule has 4 aromatic rings. The molecule has 1 aromatic heterocycles. The second kappa shape index (κ2) is 12.7. The van der Waals surface area contributed by atoms with Crippen LogP contribution in [0.1, 0.15) is 94.1 Å². The van der Waals surface area contributed by atoms with Crippen LogP contribution in [0.15, 0.2) is 66.7 Å². The molecule has 3 N–H and O–H groups in total. The van der Waals surface area contributed by atoms with Crippen LogP contribution in [0.2, 0.25) is 0 Å². The van der Waals surface area contributed by atoms with Crippen molar-refractivity contribution in [3.63, 3.8) is 0 Å². The van der Waals surface area contributed by atoms with E-state index in [4.69, 9.17) is 0 Å². The van der Waals surface area contributed by atoms with Crippen molar-refractivity contribution in [3.05, 3.63) is 94.5 Å². The molecule has 5 amide bonds. The Morgan fingerprint density at radius 2 is 1.62 bits per heavy atom. The van der Waals surface area contributed by atoms with Gasteiger partial charge in [0, 0.05) is 23.0 Å².